The lowest BCUT2D eigenvalue weighted by atomic mass is 10.0. The van der Waals surface area contributed by atoms with E-state index in [-0.39, 0.29) is 0 Å². The van der Waals surface area contributed by atoms with Gasteiger partial charge >= 0.3 is 0 Å². The fraction of sp³-hybridized carbons (Fsp3) is 0.333. The van der Waals surface area contributed by atoms with Crippen LogP contribution in [-0.4, -0.2) is 35.6 Å². The molecule has 0 spiro atoms. The molecule has 0 aromatic carbocycles. The van der Waals surface area contributed by atoms with Crippen LogP contribution in [0.2, 0.25) is 0 Å². The van der Waals surface area contributed by atoms with Crippen LogP contribution in [0.3, 0.4) is 0 Å². The SMILES string of the molecule is BrCC12C=NC=NC1=NC=N2. The zero-order valence-corrected chi connectivity index (χ0v) is 7.19. The highest BCUT2D eigenvalue weighted by Gasteiger charge is 2.36. The molecule has 0 fully saturated rings. The molecule has 0 amide bonds. The van der Waals surface area contributed by atoms with Gasteiger partial charge in [-0.05, 0) is 0 Å². The second-order valence-corrected chi connectivity index (χ2v) is 2.84. The summed E-state index contributed by atoms with van der Waals surface area (Å²) in [5.41, 5.74) is -0.422. The third-order valence-corrected chi connectivity index (χ3v) is 2.45. The van der Waals surface area contributed by atoms with Gasteiger partial charge in [-0.3, -0.25) is 4.99 Å². The highest BCUT2D eigenvalue weighted by molar-refractivity contribution is 9.09. The van der Waals surface area contributed by atoms with Gasteiger partial charge in [0.05, 0.1) is 0 Å². The summed E-state index contributed by atoms with van der Waals surface area (Å²) in [6.45, 7) is 0. The summed E-state index contributed by atoms with van der Waals surface area (Å²) in [5, 5.41) is 0.677. The summed E-state index contributed by atoms with van der Waals surface area (Å²) >= 11 is 3.35. The first-order chi connectivity index (χ1) is 5.37. The van der Waals surface area contributed by atoms with E-state index in [1.54, 1.807) is 6.21 Å². The Hall–Kier alpha value is -0.840. The van der Waals surface area contributed by atoms with Crippen LogP contribution >= 0.6 is 15.9 Å². The number of halogens is 1. The third kappa shape index (κ3) is 0.875. The van der Waals surface area contributed by atoms with Crippen molar-refractivity contribution in [3.63, 3.8) is 0 Å². The van der Waals surface area contributed by atoms with Crippen LogP contribution in [0.1, 0.15) is 0 Å². The summed E-state index contributed by atoms with van der Waals surface area (Å²) in [5.74, 6) is 0.712. The maximum absolute atomic E-state index is 4.17. The van der Waals surface area contributed by atoms with E-state index in [0.717, 1.165) is 0 Å². The van der Waals surface area contributed by atoms with Gasteiger partial charge < -0.3 is 0 Å². The van der Waals surface area contributed by atoms with Gasteiger partial charge in [-0.1, -0.05) is 15.9 Å². The summed E-state index contributed by atoms with van der Waals surface area (Å²) in [4.78, 5) is 16.1. The Kier molecular flexibility index (Phi) is 1.45. The quantitative estimate of drug-likeness (QED) is 0.575. The standard InChI is InChI=1S/C6H5BrN4/c7-1-6-2-8-3-9-5(6)10-4-11-6/h2-4H,1H2. The van der Waals surface area contributed by atoms with E-state index in [0.29, 0.717) is 11.2 Å². The fourth-order valence-electron chi connectivity index (χ4n) is 0.966. The Labute approximate surface area is 72.0 Å². The monoisotopic (exact) mass is 212 g/mol. The van der Waals surface area contributed by atoms with E-state index in [9.17, 15) is 0 Å². The summed E-state index contributed by atoms with van der Waals surface area (Å²) in [6, 6.07) is 0. The van der Waals surface area contributed by atoms with Crippen molar-refractivity contribution in [2.45, 2.75) is 5.54 Å². The molecule has 4 nitrogen and oxygen atoms in total. The predicted molar refractivity (Wildman–Crippen MR) is 49.4 cm³/mol. The van der Waals surface area contributed by atoms with Crippen molar-refractivity contribution in [1.82, 2.24) is 0 Å². The van der Waals surface area contributed by atoms with Gasteiger partial charge in [0.15, 0.2) is 11.4 Å². The van der Waals surface area contributed by atoms with Crippen LogP contribution in [-0.2, 0) is 0 Å². The number of amidine groups is 1. The second kappa shape index (κ2) is 2.34. The van der Waals surface area contributed by atoms with E-state index >= 15 is 0 Å². The van der Waals surface area contributed by atoms with Crippen molar-refractivity contribution in [3.05, 3.63) is 0 Å². The first-order valence-corrected chi connectivity index (χ1v) is 4.24. The van der Waals surface area contributed by atoms with Crippen molar-refractivity contribution < 1.29 is 0 Å². The molecule has 1 unspecified atom stereocenters. The van der Waals surface area contributed by atoms with Crippen LogP contribution < -0.4 is 0 Å². The van der Waals surface area contributed by atoms with Crippen LogP contribution in [0.5, 0.6) is 0 Å². The first-order valence-electron chi connectivity index (χ1n) is 3.12. The van der Waals surface area contributed by atoms with Crippen molar-refractivity contribution in [2.24, 2.45) is 20.0 Å². The van der Waals surface area contributed by atoms with Gasteiger partial charge in [-0.2, -0.15) is 0 Å². The van der Waals surface area contributed by atoms with E-state index in [1.165, 1.54) is 12.7 Å². The average molecular weight is 213 g/mol. The van der Waals surface area contributed by atoms with Gasteiger partial charge in [0, 0.05) is 11.5 Å². The van der Waals surface area contributed by atoms with E-state index < -0.39 is 5.54 Å². The summed E-state index contributed by atoms with van der Waals surface area (Å²) < 4.78 is 0. The molecule has 0 radical (unpaired) electrons. The highest BCUT2D eigenvalue weighted by Crippen LogP contribution is 2.20. The van der Waals surface area contributed by atoms with E-state index in [2.05, 4.69) is 35.9 Å². The van der Waals surface area contributed by atoms with Gasteiger partial charge in [-0.15, -0.1) is 0 Å². The Bertz CT molecular complexity index is 291. The topological polar surface area (TPSA) is 49.4 Å². The molecule has 0 aromatic rings. The van der Waals surface area contributed by atoms with E-state index in [4.69, 9.17) is 0 Å². The molecule has 5 heteroatoms. The lowest BCUT2D eigenvalue weighted by Gasteiger charge is -2.19. The third-order valence-electron chi connectivity index (χ3n) is 1.59. The Morgan fingerprint density at radius 2 is 2.36 bits per heavy atom. The minimum absolute atomic E-state index is 0.422. The first kappa shape index (κ1) is 6.84. The maximum atomic E-state index is 4.17. The maximum Gasteiger partial charge on any atom is 0.166 e. The molecule has 0 bridgehead atoms. The lowest BCUT2D eigenvalue weighted by Crippen LogP contribution is -2.38. The van der Waals surface area contributed by atoms with Gasteiger partial charge in [0.1, 0.15) is 12.7 Å². The van der Waals surface area contributed by atoms with E-state index in [1.807, 2.05) is 0 Å². The molecule has 0 aliphatic carbocycles. The number of alkyl halides is 1. The lowest BCUT2D eigenvalue weighted by molar-refractivity contribution is 0.881. The Morgan fingerprint density at radius 1 is 1.45 bits per heavy atom. The number of aliphatic imine (C=N–C) groups is 4. The molecular formula is C6H5BrN4. The molecular weight excluding hydrogens is 208 g/mol. The second-order valence-electron chi connectivity index (χ2n) is 2.28. The number of rotatable bonds is 1. The molecule has 2 rings (SSSR count). The fourth-order valence-corrected chi connectivity index (χ4v) is 1.51. The number of hydrogen-bond donors (Lipinski definition) is 0. The molecule has 2 aliphatic rings. The highest BCUT2D eigenvalue weighted by atomic mass is 79.9. The molecule has 1 atom stereocenters. The number of nitrogens with zero attached hydrogens (tertiary/aromatic N) is 4. The molecule has 11 heavy (non-hydrogen) atoms. The van der Waals surface area contributed by atoms with Crippen molar-refractivity contribution in [2.75, 3.05) is 5.33 Å². The molecule has 0 saturated carbocycles. The summed E-state index contributed by atoms with van der Waals surface area (Å²) in [6.07, 6.45) is 4.75. The summed E-state index contributed by atoms with van der Waals surface area (Å²) in [7, 11) is 0. The molecule has 56 valence electrons. The minimum atomic E-state index is -0.422. The zero-order valence-electron chi connectivity index (χ0n) is 5.61. The molecule has 0 saturated heterocycles. The van der Waals surface area contributed by atoms with Crippen LogP contribution in [0.15, 0.2) is 20.0 Å². The predicted octanol–water partition coefficient (Wildman–Crippen LogP) is 0.673. The van der Waals surface area contributed by atoms with Crippen LogP contribution in [0, 0.1) is 0 Å². The molecule has 2 aliphatic heterocycles. The normalized spacial score (nSPS) is 32.3. The van der Waals surface area contributed by atoms with Crippen molar-refractivity contribution in [1.29, 1.82) is 0 Å². The minimum Gasteiger partial charge on any atom is -0.252 e. The molecule has 0 aromatic heterocycles. The molecule has 2 heterocycles. The Balaban J connectivity index is 2.46. The van der Waals surface area contributed by atoms with Crippen LogP contribution in [0.4, 0.5) is 0 Å². The number of hydrogen-bond acceptors (Lipinski definition) is 4. The largest absolute Gasteiger partial charge is 0.252 e. The van der Waals surface area contributed by atoms with Gasteiger partial charge in [-0.25, -0.2) is 15.0 Å². The zero-order chi connectivity index (χ0) is 7.73. The number of fused-ring (bicyclic) bond motifs is 1. The van der Waals surface area contributed by atoms with Crippen LogP contribution in [0.25, 0.3) is 0 Å². The van der Waals surface area contributed by atoms with Crippen molar-refractivity contribution in [3.8, 4) is 0 Å². The van der Waals surface area contributed by atoms with Crippen molar-refractivity contribution >= 4 is 40.7 Å². The molecule has 0 N–H and O–H groups in total. The van der Waals surface area contributed by atoms with Gasteiger partial charge in [0.2, 0.25) is 0 Å². The average Bonchev–Trinajstić information content (AvgIpc) is 2.48. The smallest absolute Gasteiger partial charge is 0.166 e. The van der Waals surface area contributed by atoms with Gasteiger partial charge in [0.25, 0.3) is 0 Å². The Morgan fingerprint density at radius 3 is 3.09 bits per heavy atom.